The van der Waals surface area contributed by atoms with Gasteiger partial charge in [0.1, 0.15) is 9.84 Å². The van der Waals surface area contributed by atoms with Crippen molar-refractivity contribution < 1.29 is 8.42 Å². The van der Waals surface area contributed by atoms with Crippen molar-refractivity contribution >= 4 is 9.84 Å². The second-order valence-corrected chi connectivity index (χ2v) is 5.79. The number of hydrogen-bond acceptors (Lipinski definition) is 4. The van der Waals surface area contributed by atoms with E-state index in [1.807, 2.05) is 18.2 Å². The molecule has 0 spiro atoms. The van der Waals surface area contributed by atoms with Crippen molar-refractivity contribution in [2.75, 3.05) is 19.1 Å². The highest BCUT2D eigenvalue weighted by Crippen LogP contribution is 2.01. The molecule has 0 aliphatic rings. The topological polar surface area (TPSA) is 59.1 Å². The van der Waals surface area contributed by atoms with Crippen LogP contribution in [0.5, 0.6) is 0 Å². The second kappa shape index (κ2) is 5.23. The molecule has 0 fully saturated rings. The van der Waals surface area contributed by atoms with Crippen LogP contribution in [0.15, 0.2) is 24.4 Å². The van der Waals surface area contributed by atoms with Crippen LogP contribution < -0.4 is 5.32 Å². The highest BCUT2D eigenvalue weighted by molar-refractivity contribution is 7.90. The zero-order valence-electron chi connectivity index (χ0n) is 8.97. The van der Waals surface area contributed by atoms with E-state index in [1.165, 1.54) is 6.26 Å². The van der Waals surface area contributed by atoms with Gasteiger partial charge in [-0.15, -0.1) is 0 Å². The van der Waals surface area contributed by atoms with Crippen molar-refractivity contribution in [1.82, 2.24) is 10.3 Å². The molecule has 1 heterocycles. The van der Waals surface area contributed by atoms with Gasteiger partial charge in [0.25, 0.3) is 0 Å². The molecule has 0 bridgehead atoms. The van der Waals surface area contributed by atoms with Gasteiger partial charge in [0.2, 0.25) is 0 Å². The largest absolute Gasteiger partial charge is 0.316 e. The quantitative estimate of drug-likeness (QED) is 0.785. The molecular formula is C10H16N2O2S. The standard InChI is InChI=1S/C10H16N2O2S/c1-11-10(8-15(2,13)14)7-9-5-3-4-6-12-9/h3-6,10-11H,7-8H2,1-2H3. The van der Waals surface area contributed by atoms with Gasteiger partial charge in [0.15, 0.2) is 0 Å². The Morgan fingerprint density at radius 3 is 2.67 bits per heavy atom. The lowest BCUT2D eigenvalue weighted by atomic mass is 10.2. The fourth-order valence-corrected chi connectivity index (χ4v) is 2.40. The minimum absolute atomic E-state index is 0.0742. The molecule has 0 amide bonds. The van der Waals surface area contributed by atoms with Crippen LogP contribution in [0.2, 0.25) is 0 Å². The lowest BCUT2D eigenvalue weighted by Gasteiger charge is -2.14. The molecule has 0 aliphatic carbocycles. The molecule has 5 heteroatoms. The summed E-state index contributed by atoms with van der Waals surface area (Å²) in [6, 6.07) is 5.56. The molecule has 15 heavy (non-hydrogen) atoms. The van der Waals surface area contributed by atoms with Gasteiger partial charge in [-0.3, -0.25) is 4.98 Å². The third-order valence-corrected chi connectivity index (χ3v) is 3.10. The van der Waals surface area contributed by atoms with Gasteiger partial charge in [-0.1, -0.05) is 6.07 Å². The van der Waals surface area contributed by atoms with Gasteiger partial charge in [0.05, 0.1) is 5.75 Å². The summed E-state index contributed by atoms with van der Waals surface area (Å²) < 4.78 is 22.3. The summed E-state index contributed by atoms with van der Waals surface area (Å²) in [5.74, 6) is 0.139. The summed E-state index contributed by atoms with van der Waals surface area (Å²) >= 11 is 0. The normalized spacial score (nSPS) is 13.7. The molecule has 1 aromatic heterocycles. The lowest BCUT2D eigenvalue weighted by Crippen LogP contribution is -2.34. The van der Waals surface area contributed by atoms with Crippen LogP contribution in [0.1, 0.15) is 5.69 Å². The summed E-state index contributed by atoms with van der Waals surface area (Å²) in [6.45, 7) is 0. The molecule has 0 saturated carbocycles. The first kappa shape index (κ1) is 12.1. The number of nitrogens with one attached hydrogen (secondary N) is 1. The van der Waals surface area contributed by atoms with Crippen molar-refractivity contribution in [2.45, 2.75) is 12.5 Å². The van der Waals surface area contributed by atoms with E-state index in [2.05, 4.69) is 10.3 Å². The van der Waals surface area contributed by atoms with Crippen LogP contribution in [0.4, 0.5) is 0 Å². The van der Waals surface area contributed by atoms with Crippen molar-refractivity contribution in [3.05, 3.63) is 30.1 Å². The van der Waals surface area contributed by atoms with E-state index in [0.717, 1.165) is 5.69 Å². The molecule has 0 aromatic carbocycles. The Morgan fingerprint density at radius 2 is 2.20 bits per heavy atom. The summed E-state index contributed by atoms with van der Waals surface area (Å²) in [7, 11) is -1.18. The number of pyridine rings is 1. The molecule has 1 rings (SSSR count). The predicted octanol–water partition coefficient (Wildman–Crippen LogP) is 0.257. The van der Waals surface area contributed by atoms with Crippen LogP contribution in [0, 0.1) is 0 Å². The van der Waals surface area contributed by atoms with E-state index in [4.69, 9.17) is 0 Å². The Hall–Kier alpha value is -0.940. The third-order valence-electron chi connectivity index (χ3n) is 2.09. The Morgan fingerprint density at radius 1 is 1.47 bits per heavy atom. The fourth-order valence-electron chi connectivity index (χ4n) is 1.38. The zero-order chi connectivity index (χ0) is 11.3. The van der Waals surface area contributed by atoms with Crippen LogP contribution >= 0.6 is 0 Å². The fraction of sp³-hybridized carbons (Fsp3) is 0.500. The van der Waals surface area contributed by atoms with Gasteiger partial charge in [0, 0.05) is 30.6 Å². The van der Waals surface area contributed by atoms with Crippen LogP contribution in [-0.2, 0) is 16.3 Å². The molecule has 1 atom stereocenters. The van der Waals surface area contributed by atoms with Crippen molar-refractivity contribution in [2.24, 2.45) is 0 Å². The molecule has 84 valence electrons. The monoisotopic (exact) mass is 228 g/mol. The molecule has 1 aromatic rings. The van der Waals surface area contributed by atoms with Gasteiger partial charge >= 0.3 is 0 Å². The van der Waals surface area contributed by atoms with Gasteiger partial charge in [-0.05, 0) is 19.2 Å². The highest BCUT2D eigenvalue weighted by Gasteiger charge is 2.14. The molecule has 0 saturated heterocycles. The maximum atomic E-state index is 11.1. The molecule has 1 unspecified atom stereocenters. The minimum Gasteiger partial charge on any atom is -0.316 e. The summed E-state index contributed by atoms with van der Waals surface area (Å²) in [6.07, 6.45) is 3.59. The molecule has 0 radical (unpaired) electrons. The SMILES string of the molecule is CNC(Cc1ccccn1)CS(C)(=O)=O. The molecule has 4 nitrogen and oxygen atoms in total. The van der Waals surface area contributed by atoms with Gasteiger partial charge in [-0.2, -0.15) is 0 Å². The summed E-state index contributed by atoms with van der Waals surface area (Å²) in [4.78, 5) is 4.16. The summed E-state index contributed by atoms with van der Waals surface area (Å²) in [5, 5.41) is 2.99. The van der Waals surface area contributed by atoms with Crippen LogP contribution in [-0.4, -0.2) is 38.5 Å². The first-order chi connectivity index (χ1) is 7.01. The Labute approximate surface area is 90.7 Å². The molecule has 1 N–H and O–H groups in total. The second-order valence-electron chi connectivity index (χ2n) is 3.60. The lowest BCUT2D eigenvalue weighted by molar-refractivity contribution is 0.564. The van der Waals surface area contributed by atoms with Crippen molar-refractivity contribution in [3.8, 4) is 0 Å². The van der Waals surface area contributed by atoms with E-state index in [1.54, 1.807) is 13.2 Å². The van der Waals surface area contributed by atoms with Crippen LogP contribution in [0.3, 0.4) is 0 Å². The first-order valence-corrected chi connectivity index (χ1v) is 6.82. The Balaban J connectivity index is 2.63. The van der Waals surface area contributed by atoms with E-state index in [9.17, 15) is 8.42 Å². The van der Waals surface area contributed by atoms with Gasteiger partial charge < -0.3 is 5.32 Å². The summed E-state index contributed by atoms with van der Waals surface area (Å²) in [5.41, 5.74) is 0.903. The Kier molecular flexibility index (Phi) is 4.23. The molecular weight excluding hydrogens is 212 g/mol. The van der Waals surface area contributed by atoms with E-state index in [0.29, 0.717) is 6.42 Å². The number of aromatic nitrogens is 1. The number of sulfone groups is 1. The zero-order valence-corrected chi connectivity index (χ0v) is 9.79. The van der Waals surface area contributed by atoms with Crippen LogP contribution in [0.25, 0.3) is 0 Å². The number of hydrogen-bond donors (Lipinski definition) is 1. The minimum atomic E-state index is -2.95. The average Bonchev–Trinajstić information content (AvgIpc) is 2.16. The predicted molar refractivity (Wildman–Crippen MR) is 60.5 cm³/mol. The van der Waals surface area contributed by atoms with E-state index >= 15 is 0 Å². The Bertz CT molecular complexity index is 389. The number of likely N-dealkylation sites (N-methyl/N-ethyl adjacent to an activating group) is 1. The van der Waals surface area contributed by atoms with Gasteiger partial charge in [-0.25, -0.2) is 8.42 Å². The third kappa shape index (κ3) is 4.90. The van der Waals surface area contributed by atoms with E-state index < -0.39 is 9.84 Å². The maximum absolute atomic E-state index is 11.1. The number of rotatable bonds is 5. The maximum Gasteiger partial charge on any atom is 0.148 e. The highest BCUT2D eigenvalue weighted by atomic mass is 32.2. The van der Waals surface area contributed by atoms with E-state index in [-0.39, 0.29) is 11.8 Å². The molecule has 0 aliphatic heterocycles. The first-order valence-electron chi connectivity index (χ1n) is 4.76. The van der Waals surface area contributed by atoms with Crippen molar-refractivity contribution in [3.63, 3.8) is 0 Å². The van der Waals surface area contributed by atoms with Crippen molar-refractivity contribution in [1.29, 1.82) is 0 Å². The smallest absolute Gasteiger partial charge is 0.148 e. The average molecular weight is 228 g/mol. The number of nitrogens with zero attached hydrogens (tertiary/aromatic N) is 1.